The van der Waals surface area contributed by atoms with Gasteiger partial charge >= 0.3 is 0 Å². The molecule has 10 nitrogen and oxygen atoms in total. The standard InChI is InChI=1S/C20H28N2O6.C2H2O2/c1-23-15-7-13(8-16(24-2)19(15)27-5)11-21-22-12-14-9-17(25-3)20(28-6)18(10-14)26-4;3-1-2-4/h7-10,21-22H,11-12H2,1-6H3;1-2H. The third-order valence-corrected chi connectivity index (χ3v) is 4.21. The van der Waals surface area contributed by atoms with Crippen molar-refractivity contribution in [3.05, 3.63) is 35.4 Å². The summed E-state index contributed by atoms with van der Waals surface area (Å²) in [7, 11) is 9.54. The fraction of sp³-hybridized carbons (Fsp3) is 0.364. The summed E-state index contributed by atoms with van der Waals surface area (Å²) in [5, 5.41) is 0. The SMILES string of the molecule is COc1cc(CNNCc2cc(OC)c(OC)c(OC)c2)cc(OC)c1OC.O=CC=O. The number of carbonyl (C=O) groups is 2. The van der Waals surface area contributed by atoms with Crippen molar-refractivity contribution in [2.45, 2.75) is 13.1 Å². The van der Waals surface area contributed by atoms with Crippen molar-refractivity contribution in [1.29, 1.82) is 0 Å². The van der Waals surface area contributed by atoms with Crippen molar-refractivity contribution >= 4 is 12.6 Å². The highest BCUT2D eigenvalue weighted by atomic mass is 16.5. The first-order chi connectivity index (χ1) is 15.5. The Morgan fingerprint density at radius 3 is 1.03 bits per heavy atom. The monoisotopic (exact) mass is 450 g/mol. The van der Waals surface area contributed by atoms with Gasteiger partial charge in [-0.1, -0.05) is 0 Å². The molecule has 0 aliphatic rings. The van der Waals surface area contributed by atoms with Crippen LogP contribution in [0.25, 0.3) is 0 Å². The quantitative estimate of drug-likeness (QED) is 0.215. The minimum atomic E-state index is 0.194. The van der Waals surface area contributed by atoms with Crippen molar-refractivity contribution < 1.29 is 38.0 Å². The summed E-state index contributed by atoms with van der Waals surface area (Å²) < 4.78 is 32.2. The molecule has 0 amide bonds. The van der Waals surface area contributed by atoms with Crippen molar-refractivity contribution in [1.82, 2.24) is 10.9 Å². The lowest BCUT2D eigenvalue weighted by molar-refractivity contribution is -0.122. The number of hydrogen-bond donors (Lipinski definition) is 2. The third-order valence-electron chi connectivity index (χ3n) is 4.21. The van der Waals surface area contributed by atoms with E-state index in [1.165, 1.54) is 0 Å². The van der Waals surface area contributed by atoms with Crippen LogP contribution in [-0.2, 0) is 22.7 Å². The number of methoxy groups -OCH3 is 6. The Hall–Kier alpha value is -3.50. The summed E-state index contributed by atoms with van der Waals surface area (Å²) in [5.41, 5.74) is 8.32. The van der Waals surface area contributed by atoms with Gasteiger partial charge in [0.15, 0.2) is 35.6 Å². The summed E-state index contributed by atoms with van der Waals surface area (Å²) in [4.78, 5) is 17.6. The molecule has 0 unspecified atom stereocenters. The number of benzene rings is 2. The van der Waals surface area contributed by atoms with E-state index in [0.29, 0.717) is 47.6 Å². The molecule has 2 aromatic carbocycles. The Kier molecular flexibility index (Phi) is 12.0. The van der Waals surface area contributed by atoms with E-state index in [-0.39, 0.29) is 12.6 Å². The van der Waals surface area contributed by atoms with Crippen LogP contribution in [0, 0.1) is 0 Å². The van der Waals surface area contributed by atoms with Crippen molar-refractivity contribution in [2.24, 2.45) is 0 Å². The number of nitrogens with one attached hydrogen (secondary N) is 2. The minimum Gasteiger partial charge on any atom is -0.493 e. The number of carbonyl (C=O) groups excluding carboxylic acids is 2. The van der Waals surface area contributed by atoms with E-state index in [2.05, 4.69) is 10.9 Å². The van der Waals surface area contributed by atoms with E-state index in [0.717, 1.165) is 11.1 Å². The third kappa shape index (κ3) is 7.33. The molecular formula is C22H30N2O8. The van der Waals surface area contributed by atoms with Crippen LogP contribution in [0.4, 0.5) is 0 Å². The number of hydrogen-bond acceptors (Lipinski definition) is 10. The molecule has 0 saturated heterocycles. The molecule has 0 bridgehead atoms. The van der Waals surface area contributed by atoms with E-state index < -0.39 is 0 Å². The van der Waals surface area contributed by atoms with Gasteiger partial charge in [0.25, 0.3) is 0 Å². The van der Waals surface area contributed by atoms with Gasteiger partial charge in [-0.3, -0.25) is 20.4 Å². The molecule has 10 heteroatoms. The van der Waals surface area contributed by atoms with Gasteiger partial charge < -0.3 is 28.4 Å². The lowest BCUT2D eigenvalue weighted by Crippen LogP contribution is -2.30. The molecule has 0 radical (unpaired) electrons. The molecule has 2 aromatic rings. The fourth-order valence-electron chi connectivity index (χ4n) is 2.80. The Morgan fingerprint density at radius 2 is 0.844 bits per heavy atom. The van der Waals surface area contributed by atoms with E-state index >= 15 is 0 Å². The first-order valence-corrected chi connectivity index (χ1v) is 9.45. The van der Waals surface area contributed by atoms with E-state index in [1.807, 2.05) is 24.3 Å². The fourth-order valence-corrected chi connectivity index (χ4v) is 2.80. The Morgan fingerprint density at radius 1 is 0.562 bits per heavy atom. The molecule has 0 saturated carbocycles. The molecule has 0 heterocycles. The zero-order valence-corrected chi connectivity index (χ0v) is 19.1. The summed E-state index contributed by atoms with van der Waals surface area (Å²) in [5.74, 6) is 3.59. The highest BCUT2D eigenvalue weighted by Gasteiger charge is 2.14. The van der Waals surface area contributed by atoms with Crippen LogP contribution in [0.1, 0.15) is 11.1 Å². The van der Waals surface area contributed by atoms with E-state index in [4.69, 9.17) is 38.0 Å². The smallest absolute Gasteiger partial charge is 0.203 e. The molecule has 0 aromatic heterocycles. The first-order valence-electron chi connectivity index (χ1n) is 9.45. The molecule has 32 heavy (non-hydrogen) atoms. The van der Waals surface area contributed by atoms with Crippen molar-refractivity contribution in [2.75, 3.05) is 42.7 Å². The minimum absolute atomic E-state index is 0.194. The molecular weight excluding hydrogens is 420 g/mol. The second-order valence-electron chi connectivity index (χ2n) is 6.05. The summed E-state index contributed by atoms with van der Waals surface area (Å²) in [6.07, 6.45) is 0.389. The van der Waals surface area contributed by atoms with Gasteiger partial charge in [-0.2, -0.15) is 0 Å². The second kappa shape index (κ2) is 14.5. The Labute approximate surface area is 187 Å². The highest BCUT2D eigenvalue weighted by Crippen LogP contribution is 2.39. The van der Waals surface area contributed by atoms with Crippen LogP contribution in [0.3, 0.4) is 0 Å². The summed E-state index contributed by atoms with van der Waals surface area (Å²) in [6, 6.07) is 7.59. The molecule has 0 atom stereocenters. The van der Waals surface area contributed by atoms with Crippen LogP contribution < -0.4 is 39.3 Å². The van der Waals surface area contributed by atoms with Crippen molar-refractivity contribution in [3.63, 3.8) is 0 Å². The molecule has 0 aliphatic carbocycles. The van der Waals surface area contributed by atoms with Gasteiger partial charge in [-0.05, 0) is 35.4 Å². The molecule has 2 rings (SSSR count). The van der Waals surface area contributed by atoms with Crippen LogP contribution in [0.2, 0.25) is 0 Å². The predicted octanol–water partition coefficient (Wildman–Crippen LogP) is 1.92. The maximum atomic E-state index is 8.81. The molecule has 0 fully saturated rings. The van der Waals surface area contributed by atoms with Gasteiger partial charge in [-0.15, -0.1) is 0 Å². The summed E-state index contributed by atoms with van der Waals surface area (Å²) in [6.45, 7) is 1.11. The Bertz CT molecular complexity index is 751. The van der Waals surface area contributed by atoms with Gasteiger partial charge in [0.2, 0.25) is 11.5 Å². The predicted molar refractivity (Wildman–Crippen MR) is 118 cm³/mol. The molecule has 176 valence electrons. The van der Waals surface area contributed by atoms with Gasteiger partial charge in [0.1, 0.15) is 0 Å². The molecule has 2 N–H and O–H groups in total. The number of hydrazine groups is 1. The topological polar surface area (TPSA) is 114 Å². The van der Waals surface area contributed by atoms with E-state index in [1.54, 1.807) is 42.7 Å². The molecule has 0 spiro atoms. The lowest BCUT2D eigenvalue weighted by Gasteiger charge is -2.16. The number of rotatable bonds is 12. The second-order valence-corrected chi connectivity index (χ2v) is 6.05. The molecule has 0 aliphatic heterocycles. The number of aldehydes is 2. The Balaban J connectivity index is 0.00000118. The normalized spacial score (nSPS) is 9.69. The van der Waals surface area contributed by atoms with Crippen LogP contribution in [0.5, 0.6) is 34.5 Å². The van der Waals surface area contributed by atoms with E-state index in [9.17, 15) is 0 Å². The average Bonchev–Trinajstić information content (AvgIpc) is 2.85. The summed E-state index contributed by atoms with van der Waals surface area (Å²) >= 11 is 0. The van der Waals surface area contributed by atoms with Crippen LogP contribution >= 0.6 is 0 Å². The zero-order chi connectivity index (χ0) is 23.9. The maximum Gasteiger partial charge on any atom is 0.203 e. The van der Waals surface area contributed by atoms with Gasteiger partial charge in [0.05, 0.1) is 42.7 Å². The average molecular weight is 450 g/mol. The highest BCUT2D eigenvalue weighted by molar-refractivity contribution is 6.09. The first kappa shape index (κ1) is 26.5. The zero-order valence-electron chi connectivity index (χ0n) is 19.1. The van der Waals surface area contributed by atoms with Gasteiger partial charge in [-0.25, -0.2) is 0 Å². The number of ether oxygens (including phenoxy) is 6. The van der Waals surface area contributed by atoms with Crippen LogP contribution in [0.15, 0.2) is 24.3 Å². The van der Waals surface area contributed by atoms with Gasteiger partial charge in [0, 0.05) is 13.1 Å². The van der Waals surface area contributed by atoms with Crippen LogP contribution in [-0.4, -0.2) is 55.2 Å². The maximum absolute atomic E-state index is 8.81. The van der Waals surface area contributed by atoms with Crippen molar-refractivity contribution in [3.8, 4) is 34.5 Å². The largest absolute Gasteiger partial charge is 0.493 e. The lowest BCUT2D eigenvalue weighted by atomic mass is 10.1.